The number of carbonyl (C=O) groups excluding carboxylic acids is 1. The lowest BCUT2D eigenvalue weighted by molar-refractivity contribution is 0.107. The lowest BCUT2D eigenvalue weighted by Crippen LogP contribution is -2.03. The second kappa shape index (κ2) is 4.44. The Morgan fingerprint density at radius 1 is 1.47 bits per heavy atom. The highest BCUT2D eigenvalue weighted by molar-refractivity contribution is 7.13. The average molecular weight is 297 g/mol. The molecule has 3 aromatic rings. The average Bonchev–Trinajstić information content (AvgIpc) is 3.06. The molecule has 8 nitrogen and oxygen atoms in total. The SMILES string of the molecule is Nc1nonc1-n1nnc(C(=O)Cl)c1-c1cccs1. The predicted octanol–water partition coefficient (Wildman–Crippen LogP) is 1.34. The Morgan fingerprint density at radius 2 is 2.32 bits per heavy atom. The molecule has 3 heterocycles. The molecule has 0 saturated heterocycles. The van der Waals surface area contributed by atoms with Crippen LogP contribution in [-0.4, -0.2) is 30.5 Å². The Kier molecular flexibility index (Phi) is 2.76. The number of hydrogen-bond acceptors (Lipinski definition) is 8. The van der Waals surface area contributed by atoms with Crippen LogP contribution in [0.5, 0.6) is 0 Å². The number of nitrogens with zero attached hydrogens (tertiary/aromatic N) is 5. The van der Waals surface area contributed by atoms with Crippen LogP contribution < -0.4 is 5.73 Å². The van der Waals surface area contributed by atoms with Gasteiger partial charge in [-0.2, -0.15) is 4.68 Å². The van der Waals surface area contributed by atoms with Crippen LogP contribution in [0, 0.1) is 0 Å². The Hall–Kier alpha value is -2.26. The third-order valence-corrected chi connectivity index (χ3v) is 3.36. The molecule has 0 unspecified atom stereocenters. The van der Waals surface area contributed by atoms with Crippen LogP contribution in [0.25, 0.3) is 16.4 Å². The van der Waals surface area contributed by atoms with Gasteiger partial charge in [-0.05, 0) is 33.4 Å². The van der Waals surface area contributed by atoms with Crippen LogP contribution >= 0.6 is 22.9 Å². The van der Waals surface area contributed by atoms with Crippen molar-refractivity contribution >= 4 is 34.0 Å². The van der Waals surface area contributed by atoms with Gasteiger partial charge in [0.15, 0.2) is 5.69 Å². The maximum atomic E-state index is 11.4. The molecule has 0 aliphatic carbocycles. The smallest absolute Gasteiger partial charge is 0.275 e. The summed E-state index contributed by atoms with van der Waals surface area (Å²) in [6.45, 7) is 0. The number of thiophene rings is 1. The number of nitrogens with two attached hydrogens (primary N) is 1. The molecule has 0 saturated carbocycles. The van der Waals surface area contributed by atoms with Crippen LogP contribution in [0.3, 0.4) is 0 Å². The monoisotopic (exact) mass is 296 g/mol. The topological polar surface area (TPSA) is 113 Å². The fourth-order valence-corrected chi connectivity index (χ4v) is 2.42. The highest BCUT2D eigenvalue weighted by Crippen LogP contribution is 2.30. The van der Waals surface area contributed by atoms with Crippen molar-refractivity contribution in [3.05, 3.63) is 23.2 Å². The first-order chi connectivity index (χ1) is 9.18. The molecule has 2 N–H and O–H groups in total. The van der Waals surface area contributed by atoms with E-state index in [1.807, 2.05) is 11.4 Å². The van der Waals surface area contributed by atoms with Crippen LogP contribution in [-0.2, 0) is 0 Å². The first-order valence-corrected chi connectivity index (χ1v) is 6.22. The van der Waals surface area contributed by atoms with E-state index in [-0.39, 0.29) is 17.3 Å². The highest BCUT2D eigenvalue weighted by Gasteiger charge is 2.24. The maximum absolute atomic E-state index is 11.4. The van der Waals surface area contributed by atoms with E-state index >= 15 is 0 Å². The minimum atomic E-state index is -0.718. The Bertz CT molecular complexity index is 734. The number of halogens is 1. The quantitative estimate of drug-likeness (QED) is 0.725. The zero-order valence-electron chi connectivity index (χ0n) is 9.15. The van der Waals surface area contributed by atoms with E-state index < -0.39 is 5.24 Å². The number of aromatic nitrogens is 5. The summed E-state index contributed by atoms with van der Waals surface area (Å²) in [7, 11) is 0. The molecule has 0 bridgehead atoms. The summed E-state index contributed by atoms with van der Waals surface area (Å²) in [6, 6.07) is 3.62. The van der Waals surface area contributed by atoms with E-state index in [0.717, 1.165) is 4.88 Å². The summed E-state index contributed by atoms with van der Waals surface area (Å²) in [5, 5.41) is 15.8. The molecule has 19 heavy (non-hydrogen) atoms. The van der Waals surface area contributed by atoms with Gasteiger partial charge in [-0.15, -0.1) is 16.4 Å². The van der Waals surface area contributed by atoms with Crippen molar-refractivity contribution in [3.8, 4) is 16.4 Å². The molecule has 0 spiro atoms. The minimum absolute atomic E-state index is 0.0199. The molecular weight excluding hydrogens is 292 g/mol. The minimum Gasteiger partial charge on any atom is -0.378 e. The Labute approximate surface area is 114 Å². The van der Waals surface area contributed by atoms with Crippen LogP contribution in [0.1, 0.15) is 10.5 Å². The summed E-state index contributed by atoms with van der Waals surface area (Å²) in [5.74, 6) is 0.191. The number of anilines is 1. The molecule has 0 atom stereocenters. The highest BCUT2D eigenvalue weighted by atomic mass is 35.5. The second-order valence-electron chi connectivity index (χ2n) is 3.42. The summed E-state index contributed by atoms with van der Waals surface area (Å²) in [4.78, 5) is 12.1. The van der Waals surface area contributed by atoms with Crippen molar-refractivity contribution in [1.29, 1.82) is 0 Å². The predicted molar refractivity (Wildman–Crippen MR) is 67.1 cm³/mol. The van der Waals surface area contributed by atoms with Crippen LogP contribution in [0.2, 0.25) is 0 Å². The summed E-state index contributed by atoms with van der Waals surface area (Å²) >= 11 is 6.90. The van der Waals surface area contributed by atoms with Gasteiger partial charge < -0.3 is 5.73 Å². The van der Waals surface area contributed by atoms with Gasteiger partial charge in [0.25, 0.3) is 5.24 Å². The lowest BCUT2D eigenvalue weighted by atomic mass is 10.3. The molecule has 0 amide bonds. The molecule has 3 aromatic heterocycles. The fraction of sp³-hybridized carbons (Fsp3) is 0. The molecule has 96 valence electrons. The van der Waals surface area contributed by atoms with Gasteiger partial charge >= 0.3 is 0 Å². The molecule has 0 aliphatic rings. The van der Waals surface area contributed by atoms with Gasteiger partial charge in [-0.1, -0.05) is 11.3 Å². The zero-order chi connectivity index (χ0) is 13.4. The molecule has 3 rings (SSSR count). The molecule has 10 heteroatoms. The third-order valence-electron chi connectivity index (χ3n) is 2.31. The van der Waals surface area contributed by atoms with E-state index in [1.165, 1.54) is 16.0 Å². The van der Waals surface area contributed by atoms with E-state index in [9.17, 15) is 4.79 Å². The standard InChI is InChI=1S/C9H5ClN6O2S/c10-7(17)5-6(4-2-1-3-19-4)16(15-12-5)9-8(11)13-18-14-9/h1-3H,(H2,11,13). The Morgan fingerprint density at radius 3 is 2.89 bits per heavy atom. The number of hydrogen-bond donors (Lipinski definition) is 1. The third kappa shape index (κ3) is 1.88. The van der Waals surface area contributed by atoms with Gasteiger partial charge in [0.05, 0.1) is 4.88 Å². The van der Waals surface area contributed by atoms with Gasteiger partial charge in [0.1, 0.15) is 5.69 Å². The molecule has 0 radical (unpaired) electrons. The maximum Gasteiger partial charge on any atom is 0.275 e. The zero-order valence-corrected chi connectivity index (χ0v) is 10.7. The van der Waals surface area contributed by atoms with Crippen molar-refractivity contribution in [1.82, 2.24) is 25.3 Å². The van der Waals surface area contributed by atoms with E-state index in [4.69, 9.17) is 17.3 Å². The fourth-order valence-electron chi connectivity index (χ4n) is 1.53. The number of nitrogen functional groups attached to an aromatic ring is 1. The van der Waals surface area contributed by atoms with Crippen molar-refractivity contribution in [2.24, 2.45) is 0 Å². The van der Waals surface area contributed by atoms with Crippen LogP contribution in [0.4, 0.5) is 5.82 Å². The van der Waals surface area contributed by atoms with E-state index in [1.54, 1.807) is 6.07 Å². The van der Waals surface area contributed by atoms with Gasteiger partial charge in [0.2, 0.25) is 11.6 Å². The molecule has 0 aromatic carbocycles. The normalized spacial score (nSPS) is 10.8. The first-order valence-electron chi connectivity index (χ1n) is 4.96. The lowest BCUT2D eigenvalue weighted by Gasteiger charge is -2.01. The van der Waals surface area contributed by atoms with Crippen molar-refractivity contribution in [2.45, 2.75) is 0 Å². The molecule has 0 aliphatic heterocycles. The van der Waals surface area contributed by atoms with E-state index in [2.05, 4.69) is 25.3 Å². The van der Waals surface area contributed by atoms with Crippen molar-refractivity contribution in [2.75, 3.05) is 5.73 Å². The number of rotatable bonds is 3. The van der Waals surface area contributed by atoms with E-state index in [0.29, 0.717) is 5.69 Å². The van der Waals surface area contributed by atoms with Crippen LogP contribution in [0.15, 0.2) is 22.1 Å². The second-order valence-corrected chi connectivity index (χ2v) is 4.71. The first kappa shape index (κ1) is 11.8. The largest absolute Gasteiger partial charge is 0.378 e. The Balaban J connectivity index is 2.27. The summed E-state index contributed by atoms with van der Waals surface area (Å²) < 4.78 is 5.78. The van der Waals surface area contributed by atoms with Gasteiger partial charge in [-0.3, -0.25) is 4.79 Å². The van der Waals surface area contributed by atoms with Gasteiger partial charge in [0, 0.05) is 0 Å². The van der Waals surface area contributed by atoms with Crippen molar-refractivity contribution < 1.29 is 9.42 Å². The van der Waals surface area contributed by atoms with Crippen molar-refractivity contribution in [3.63, 3.8) is 0 Å². The summed E-state index contributed by atoms with van der Waals surface area (Å²) in [6.07, 6.45) is 0. The summed E-state index contributed by atoms with van der Waals surface area (Å²) in [5.41, 5.74) is 6.03. The molecular formula is C9H5ClN6O2S. The molecule has 0 fully saturated rings. The van der Waals surface area contributed by atoms with Gasteiger partial charge in [-0.25, -0.2) is 4.63 Å². The number of carbonyl (C=O) groups is 1.